The van der Waals surface area contributed by atoms with E-state index in [-0.39, 0.29) is 6.61 Å². The molecular weight excluding hydrogens is 195 g/mol. The second kappa shape index (κ2) is 4.52. The minimum Gasteiger partial charge on any atom is -0.394 e. The van der Waals surface area contributed by atoms with Crippen molar-refractivity contribution in [3.63, 3.8) is 0 Å². The van der Waals surface area contributed by atoms with Crippen molar-refractivity contribution >= 4 is 7.85 Å². The van der Waals surface area contributed by atoms with Crippen LogP contribution in [0.2, 0.25) is 0 Å². The Morgan fingerprint density at radius 2 is 2.20 bits per heavy atom. The second-order valence-electron chi connectivity index (χ2n) is 4.12. The average Bonchev–Trinajstić information content (AvgIpc) is 2.40. The Balaban J connectivity index is 2.97. The Hall–Kier alpha value is -0.575. The lowest BCUT2D eigenvalue weighted by Gasteiger charge is -2.24. The molecule has 1 aliphatic heterocycles. The van der Waals surface area contributed by atoms with Gasteiger partial charge in [0, 0.05) is 0 Å². The summed E-state index contributed by atoms with van der Waals surface area (Å²) in [5, 5.41) is 28.9. The largest absolute Gasteiger partial charge is 0.394 e. The summed E-state index contributed by atoms with van der Waals surface area (Å²) in [4.78, 5) is 0. The molecule has 4 atom stereocenters. The highest BCUT2D eigenvalue weighted by Gasteiger charge is 2.51. The molecule has 0 aliphatic carbocycles. The molecule has 4 nitrogen and oxygen atoms in total. The maximum atomic E-state index is 10.2. The highest BCUT2D eigenvalue weighted by Crippen LogP contribution is 2.30. The van der Waals surface area contributed by atoms with Gasteiger partial charge in [0.05, 0.1) is 12.6 Å². The summed E-state index contributed by atoms with van der Waals surface area (Å²) in [5.74, 6) is 0. The topological polar surface area (TPSA) is 69.9 Å². The van der Waals surface area contributed by atoms with E-state index in [0.29, 0.717) is 0 Å². The van der Waals surface area contributed by atoms with E-state index in [2.05, 4.69) is 5.73 Å². The van der Waals surface area contributed by atoms with Gasteiger partial charge in [-0.2, -0.15) is 0 Å². The highest BCUT2D eigenvalue weighted by atomic mass is 16.6. The molecule has 0 aromatic carbocycles. The Morgan fingerprint density at radius 1 is 1.60 bits per heavy atom. The molecule has 1 saturated heterocycles. The van der Waals surface area contributed by atoms with Crippen molar-refractivity contribution in [3.05, 3.63) is 17.4 Å². The first-order valence-electron chi connectivity index (χ1n) is 4.99. The van der Waals surface area contributed by atoms with Crippen molar-refractivity contribution in [2.75, 3.05) is 6.61 Å². The highest BCUT2D eigenvalue weighted by molar-refractivity contribution is 6.12. The summed E-state index contributed by atoms with van der Waals surface area (Å²) < 4.78 is 5.24. The quantitative estimate of drug-likeness (QED) is 0.387. The lowest BCUT2D eigenvalue weighted by atomic mass is 9.80. The summed E-state index contributed by atoms with van der Waals surface area (Å²) in [6.45, 7) is 3.38. The molecule has 1 aliphatic rings. The normalized spacial score (nSPS) is 39.9. The van der Waals surface area contributed by atoms with Crippen LogP contribution in [-0.2, 0) is 4.74 Å². The van der Waals surface area contributed by atoms with Crippen molar-refractivity contribution in [2.45, 2.75) is 37.7 Å². The van der Waals surface area contributed by atoms with Crippen LogP contribution in [0.1, 0.15) is 13.8 Å². The molecule has 0 radical (unpaired) electrons. The maximum absolute atomic E-state index is 10.2. The van der Waals surface area contributed by atoms with Crippen LogP contribution < -0.4 is 0 Å². The lowest BCUT2D eigenvalue weighted by molar-refractivity contribution is -0.0285. The third kappa shape index (κ3) is 2.33. The SMILES string of the molecule is B[C@@H]1O[C@H](CO)C(O)C1(O)C=C=C(C)C. The summed E-state index contributed by atoms with van der Waals surface area (Å²) in [6, 6.07) is -0.559. The summed E-state index contributed by atoms with van der Waals surface area (Å²) >= 11 is 0. The summed E-state index contributed by atoms with van der Waals surface area (Å²) in [5.41, 5.74) is 2.28. The minimum absolute atomic E-state index is 0.309. The molecule has 0 spiro atoms. The van der Waals surface area contributed by atoms with E-state index in [9.17, 15) is 10.2 Å². The van der Waals surface area contributed by atoms with E-state index < -0.39 is 23.8 Å². The predicted octanol–water partition coefficient (Wildman–Crippen LogP) is -1.45. The third-order valence-corrected chi connectivity index (χ3v) is 2.63. The fourth-order valence-electron chi connectivity index (χ4n) is 1.59. The van der Waals surface area contributed by atoms with Crippen molar-refractivity contribution < 1.29 is 20.1 Å². The second-order valence-corrected chi connectivity index (χ2v) is 4.12. The van der Waals surface area contributed by atoms with E-state index in [1.165, 1.54) is 6.08 Å². The van der Waals surface area contributed by atoms with Gasteiger partial charge in [0.1, 0.15) is 25.7 Å². The van der Waals surface area contributed by atoms with E-state index in [4.69, 9.17) is 9.84 Å². The standard InChI is InChI=1S/C10H17BO4/c1-6(2)3-4-10(14)8(13)7(5-12)15-9(10)11/h4,7-9,12-14H,5,11H2,1-2H3/t7-,8?,9-,10?/m1/s1. The fourth-order valence-corrected chi connectivity index (χ4v) is 1.59. The van der Waals surface area contributed by atoms with Crippen LogP contribution in [-0.4, -0.2) is 53.6 Å². The summed E-state index contributed by atoms with van der Waals surface area (Å²) in [7, 11) is 1.65. The van der Waals surface area contributed by atoms with E-state index in [0.717, 1.165) is 5.57 Å². The van der Waals surface area contributed by atoms with E-state index in [1.807, 2.05) is 13.8 Å². The van der Waals surface area contributed by atoms with Gasteiger partial charge in [0.2, 0.25) is 0 Å². The van der Waals surface area contributed by atoms with Gasteiger partial charge in [-0.1, -0.05) is 0 Å². The average molecular weight is 212 g/mol. The van der Waals surface area contributed by atoms with Gasteiger partial charge < -0.3 is 20.1 Å². The molecule has 0 aromatic heterocycles. The van der Waals surface area contributed by atoms with Gasteiger partial charge in [-0.3, -0.25) is 0 Å². The van der Waals surface area contributed by atoms with Crippen LogP contribution in [0.25, 0.3) is 0 Å². The molecule has 15 heavy (non-hydrogen) atoms. The van der Waals surface area contributed by atoms with Gasteiger partial charge in [0.25, 0.3) is 0 Å². The summed E-state index contributed by atoms with van der Waals surface area (Å²) in [6.07, 6.45) is -0.447. The number of ether oxygens (including phenoxy) is 1. The molecule has 0 saturated carbocycles. The van der Waals surface area contributed by atoms with Crippen molar-refractivity contribution in [1.82, 2.24) is 0 Å². The van der Waals surface area contributed by atoms with Gasteiger partial charge in [0.15, 0.2) is 0 Å². The van der Waals surface area contributed by atoms with Gasteiger partial charge in [-0.05, 0) is 25.5 Å². The van der Waals surface area contributed by atoms with Crippen LogP contribution >= 0.6 is 0 Å². The molecule has 0 bridgehead atoms. The van der Waals surface area contributed by atoms with Crippen LogP contribution in [0.4, 0.5) is 0 Å². The molecule has 3 N–H and O–H groups in total. The van der Waals surface area contributed by atoms with Gasteiger partial charge >= 0.3 is 0 Å². The van der Waals surface area contributed by atoms with Gasteiger partial charge in [-0.25, -0.2) is 0 Å². The van der Waals surface area contributed by atoms with Crippen molar-refractivity contribution in [3.8, 4) is 0 Å². The fraction of sp³-hybridized carbons (Fsp3) is 0.700. The van der Waals surface area contributed by atoms with E-state index >= 15 is 0 Å². The van der Waals surface area contributed by atoms with E-state index in [1.54, 1.807) is 7.85 Å². The van der Waals surface area contributed by atoms with Gasteiger partial charge in [-0.15, -0.1) is 5.73 Å². The number of rotatable bonds is 2. The third-order valence-electron chi connectivity index (χ3n) is 2.63. The molecule has 5 heteroatoms. The Morgan fingerprint density at radius 3 is 2.60 bits per heavy atom. The zero-order valence-electron chi connectivity index (χ0n) is 9.27. The first kappa shape index (κ1) is 12.5. The van der Waals surface area contributed by atoms with Crippen molar-refractivity contribution in [2.24, 2.45) is 0 Å². The minimum atomic E-state index is -1.47. The molecule has 1 rings (SSSR count). The molecule has 2 unspecified atom stereocenters. The molecule has 1 fully saturated rings. The van der Waals surface area contributed by atoms with Crippen LogP contribution in [0.15, 0.2) is 17.4 Å². The first-order valence-corrected chi connectivity index (χ1v) is 4.99. The maximum Gasteiger partial charge on any atom is 0.143 e. The predicted molar refractivity (Wildman–Crippen MR) is 58.2 cm³/mol. The molecule has 1 heterocycles. The Kier molecular flexibility index (Phi) is 3.76. The lowest BCUT2D eigenvalue weighted by Crippen LogP contribution is -2.47. The first-order chi connectivity index (χ1) is 6.91. The van der Waals surface area contributed by atoms with Crippen LogP contribution in [0.3, 0.4) is 0 Å². The van der Waals surface area contributed by atoms with Crippen molar-refractivity contribution in [1.29, 1.82) is 0 Å². The molecule has 84 valence electrons. The number of aliphatic hydroxyl groups excluding tert-OH is 2. The number of hydrogen-bond donors (Lipinski definition) is 3. The molecule has 0 aromatic rings. The monoisotopic (exact) mass is 212 g/mol. The van der Waals surface area contributed by atoms with Crippen LogP contribution in [0.5, 0.6) is 0 Å². The molecule has 0 amide bonds. The zero-order valence-corrected chi connectivity index (χ0v) is 9.27. The van der Waals surface area contributed by atoms with Crippen LogP contribution in [0, 0.1) is 0 Å². The number of hydrogen-bond acceptors (Lipinski definition) is 4. The smallest absolute Gasteiger partial charge is 0.143 e. The Bertz CT molecular complexity index is 294. The zero-order chi connectivity index (χ0) is 11.6. The molecular formula is C10H17BO4. The number of aliphatic hydroxyl groups is 3. The Labute approximate surface area is 90.3 Å².